The van der Waals surface area contributed by atoms with Gasteiger partial charge >= 0.3 is 0 Å². The summed E-state index contributed by atoms with van der Waals surface area (Å²) in [7, 11) is 0. The Kier molecular flexibility index (Phi) is 5.14. The minimum atomic E-state index is -0.375. The first kappa shape index (κ1) is 18.7. The van der Waals surface area contributed by atoms with Gasteiger partial charge in [-0.2, -0.15) is 0 Å². The van der Waals surface area contributed by atoms with E-state index in [1.165, 1.54) is 0 Å². The maximum atomic E-state index is 12.8. The SMILES string of the molecule is C[C@@H]1NC2(CCN(C(=O)c3ccccc3Cl)CC2)N(C[C@@H]2CCCO2)C1=O. The highest BCUT2D eigenvalue weighted by Crippen LogP contribution is 2.34. The quantitative estimate of drug-likeness (QED) is 0.858. The zero-order chi connectivity index (χ0) is 19.0. The second-order valence-electron chi connectivity index (χ2n) is 7.75. The predicted molar refractivity (Wildman–Crippen MR) is 103 cm³/mol. The zero-order valence-corrected chi connectivity index (χ0v) is 16.4. The van der Waals surface area contributed by atoms with Gasteiger partial charge in [-0.1, -0.05) is 23.7 Å². The number of carbonyl (C=O) groups excluding carboxylic acids is 2. The molecule has 6 nitrogen and oxygen atoms in total. The number of hydrogen-bond acceptors (Lipinski definition) is 4. The Bertz CT molecular complexity index is 727. The molecular weight excluding hydrogens is 366 g/mol. The maximum Gasteiger partial charge on any atom is 0.255 e. The summed E-state index contributed by atoms with van der Waals surface area (Å²) in [6.45, 7) is 4.52. The van der Waals surface area contributed by atoms with Crippen molar-refractivity contribution in [1.29, 1.82) is 0 Å². The van der Waals surface area contributed by atoms with E-state index in [1.807, 2.05) is 28.9 Å². The molecule has 0 bridgehead atoms. The van der Waals surface area contributed by atoms with E-state index in [2.05, 4.69) is 5.32 Å². The average molecular weight is 392 g/mol. The third kappa shape index (κ3) is 3.46. The molecule has 1 aromatic carbocycles. The summed E-state index contributed by atoms with van der Waals surface area (Å²) < 4.78 is 5.76. The Labute approximate surface area is 164 Å². The summed E-state index contributed by atoms with van der Waals surface area (Å²) >= 11 is 6.19. The summed E-state index contributed by atoms with van der Waals surface area (Å²) in [5.74, 6) is 0.0925. The summed E-state index contributed by atoms with van der Waals surface area (Å²) in [5.41, 5.74) is 0.162. The minimum absolute atomic E-state index is 0.0431. The van der Waals surface area contributed by atoms with Crippen molar-refractivity contribution in [3.05, 3.63) is 34.9 Å². The molecule has 3 aliphatic rings. The van der Waals surface area contributed by atoms with E-state index in [0.29, 0.717) is 43.1 Å². The van der Waals surface area contributed by atoms with Crippen molar-refractivity contribution in [2.75, 3.05) is 26.2 Å². The van der Waals surface area contributed by atoms with Crippen LogP contribution in [0.3, 0.4) is 0 Å². The third-order valence-corrected chi connectivity index (χ3v) is 6.36. The maximum absolute atomic E-state index is 12.8. The Morgan fingerprint density at radius 3 is 2.74 bits per heavy atom. The molecule has 0 unspecified atom stereocenters. The molecule has 3 fully saturated rings. The monoisotopic (exact) mass is 391 g/mol. The number of benzene rings is 1. The lowest BCUT2D eigenvalue weighted by atomic mass is 9.94. The van der Waals surface area contributed by atoms with E-state index >= 15 is 0 Å². The molecule has 0 aromatic heterocycles. The van der Waals surface area contributed by atoms with Gasteiger partial charge in [-0.05, 0) is 31.9 Å². The van der Waals surface area contributed by atoms with Crippen molar-refractivity contribution in [2.24, 2.45) is 0 Å². The van der Waals surface area contributed by atoms with Crippen LogP contribution in [0.2, 0.25) is 5.02 Å². The van der Waals surface area contributed by atoms with Crippen molar-refractivity contribution in [2.45, 2.75) is 50.4 Å². The highest BCUT2D eigenvalue weighted by atomic mass is 35.5. The molecule has 1 aromatic rings. The second-order valence-corrected chi connectivity index (χ2v) is 8.16. The number of halogens is 1. The Balaban J connectivity index is 1.46. The van der Waals surface area contributed by atoms with E-state index in [-0.39, 0.29) is 29.6 Å². The van der Waals surface area contributed by atoms with Crippen LogP contribution in [-0.2, 0) is 9.53 Å². The molecule has 7 heteroatoms. The van der Waals surface area contributed by atoms with Crippen LogP contribution in [0.1, 0.15) is 43.0 Å². The fourth-order valence-electron chi connectivity index (χ4n) is 4.54. The van der Waals surface area contributed by atoms with Crippen LogP contribution in [0.5, 0.6) is 0 Å². The highest BCUT2D eigenvalue weighted by Gasteiger charge is 2.51. The fourth-order valence-corrected chi connectivity index (χ4v) is 4.76. The normalized spacial score (nSPS) is 27.6. The van der Waals surface area contributed by atoms with Gasteiger partial charge in [0.2, 0.25) is 5.91 Å². The number of hydrogen-bond donors (Lipinski definition) is 1. The predicted octanol–water partition coefficient (Wildman–Crippen LogP) is 2.27. The molecule has 0 aliphatic carbocycles. The number of nitrogens with zero attached hydrogens (tertiary/aromatic N) is 2. The molecule has 2 amide bonds. The largest absolute Gasteiger partial charge is 0.376 e. The first-order valence-electron chi connectivity index (χ1n) is 9.75. The number of piperidine rings is 1. The Hall–Kier alpha value is -1.63. The van der Waals surface area contributed by atoms with Gasteiger partial charge < -0.3 is 14.5 Å². The van der Waals surface area contributed by atoms with Crippen molar-refractivity contribution in [1.82, 2.24) is 15.1 Å². The number of nitrogens with one attached hydrogen (secondary N) is 1. The molecule has 0 saturated carbocycles. The molecule has 0 radical (unpaired) electrons. The highest BCUT2D eigenvalue weighted by molar-refractivity contribution is 6.33. The lowest BCUT2D eigenvalue weighted by molar-refractivity contribution is -0.135. The number of likely N-dealkylation sites (tertiary alicyclic amines) is 1. The average Bonchev–Trinajstić information content (AvgIpc) is 3.26. The summed E-state index contributed by atoms with van der Waals surface area (Å²) in [6.07, 6.45) is 3.62. The molecule has 3 aliphatic heterocycles. The van der Waals surface area contributed by atoms with E-state index in [1.54, 1.807) is 12.1 Å². The van der Waals surface area contributed by atoms with Crippen LogP contribution in [0.25, 0.3) is 0 Å². The van der Waals surface area contributed by atoms with Gasteiger partial charge in [-0.25, -0.2) is 0 Å². The molecule has 2 atom stereocenters. The van der Waals surface area contributed by atoms with Crippen molar-refractivity contribution in [3.63, 3.8) is 0 Å². The van der Waals surface area contributed by atoms with Crippen LogP contribution >= 0.6 is 11.6 Å². The van der Waals surface area contributed by atoms with Gasteiger partial charge in [-0.3, -0.25) is 14.9 Å². The molecule has 27 heavy (non-hydrogen) atoms. The standard InChI is InChI=1S/C20H26ClN3O3/c1-14-18(25)24(13-15-5-4-12-27-15)20(22-14)8-10-23(11-9-20)19(26)16-6-2-3-7-17(16)21/h2-3,6-7,14-15,22H,4-5,8-13H2,1H3/t14-,15-/m0/s1. The number of carbonyl (C=O) groups is 2. The molecule has 1 spiro atoms. The topological polar surface area (TPSA) is 61.9 Å². The van der Waals surface area contributed by atoms with Gasteiger partial charge in [0.05, 0.1) is 28.4 Å². The van der Waals surface area contributed by atoms with E-state index in [0.717, 1.165) is 19.4 Å². The Morgan fingerprint density at radius 2 is 2.07 bits per heavy atom. The molecule has 1 N–H and O–H groups in total. The van der Waals surface area contributed by atoms with Crippen LogP contribution in [0, 0.1) is 0 Å². The molecule has 146 valence electrons. The second kappa shape index (κ2) is 7.41. The van der Waals surface area contributed by atoms with Gasteiger partial charge in [0.25, 0.3) is 5.91 Å². The zero-order valence-electron chi connectivity index (χ0n) is 15.6. The van der Waals surface area contributed by atoms with Gasteiger partial charge in [0.15, 0.2) is 0 Å². The number of ether oxygens (including phenoxy) is 1. The van der Waals surface area contributed by atoms with Crippen LogP contribution in [-0.4, -0.2) is 65.7 Å². The lowest BCUT2D eigenvalue weighted by Crippen LogP contribution is -2.60. The molecule has 3 heterocycles. The molecular formula is C20H26ClN3O3. The first-order valence-corrected chi connectivity index (χ1v) is 10.1. The van der Waals surface area contributed by atoms with E-state index < -0.39 is 0 Å². The molecule has 4 rings (SSSR count). The number of rotatable bonds is 3. The Morgan fingerprint density at radius 1 is 1.33 bits per heavy atom. The number of amides is 2. The van der Waals surface area contributed by atoms with Gasteiger partial charge in [-0.15, -0.1) is 0 Å². The van der Waals surface area contributed by atoms with Gasteiger partial charge in [0, 0.05) is 39.1 Å². The van der Waals surface area contributed by atoms with Crippen molar-refractivity contribution < 1.29 is 14.3 Å². The smallest absolute Gasteiger partial charge is 0.255 e. The van der Waals surface area contributed by atoms with E-state index in [9.17, 15) is 9.59 Å². The van der Waals surface area contributed by atoms with Crippen molar-refractivity contribution in [3.8, 4) is 0 Å². The van der Waals surface area contributed by atoms with Crippen LogP contribution in [0.15, 0.2) is 24.3 Å². The van der Waals surface area contributed by atoms with Crippen molar-refractivity contribution >= 4 is 23.4 Å². The summed E-state index contributed by atoms with van der Waals surface area (Å²) in [6, 6.07) is 6.95. The van der Waals surface area contributed by atoms with E-state index in [4.69, 9.17) is 16.3 Å². The van der Waals surface area contributed by atoms with Gasteiger partial charge in [0.1, 0.15) is 0 Å². The summed E-state index contributed by atoms with van der Waals surface area (Å²) in [5, 5.41) is 3.99. The molecule has 3 saturated heterocycles. The summed E-state index contributed by atoms with van der Waals surface area (Å²) in [4.78, 5) is 29.4. The third-order valence-electron chi connectivity index (χ3n) is 6.03. The van der Waals surface area contributed by atoms with Crippen LogP contribution < -0.4 is 5.32 Å². The fraction of sp³-hybridized carbons (Fsp3) is 0.600. The minimum Gasteiger partial charge on any atom is -0.376 e. The lowest BCUT2D eigenvalue weighted by Gasteiger charge is -2.45. The first-order chi connectivity index (χ1) is 13.0. The van der Waals surface area contributed by atoms with Crippen LogP contribution in [0.4, 0.5) is 0 Å².